The largest absolute Gasteiger partial charge is 0.495 e. The highest BCUT2D eigenvalue weighted by molar-refractivity contribution is 5.72. The number of allylic oxidation sites excluding steroid dienone is 1. The van der Waals surface area contributed by atoms with E-state index in [9.17, 15) is 9.90 Å². The van der Waals surface area contributed by atoms with E-state index in [-0.39, 0.29) is 48.3 Å². The van der Waals surface area contributed by atoms with Crippen LogP contribution >= 0.6 is 0 Å². The van der Waals surface area contributed by atoms with Crippen molar-refractivity contribution in [3.63, 3.8) is 0 Å². The summed E-state index contributed by atoms with van der Waals surface area (Å²) in [6, 6.07) is 0. The molecule has 0 amide bonds. The third kappa shape index (κ3) is 3.64. The third-order valence-corrected chi connectivity index (χ3v) is 6.71. The topological polar surface area (TPSA) is 80.8 Å². The highest BCUT2D eigenvalue weighted by atomic mass is 16.6. The van der Waals surface area contributed by atoms with Crippen LogP contribution in [0.1, 0.15) is 52.4 Å². The smallest absolute Gasteiger partial charge is 0.309 e. The van der Waals surface area contributed by atoms with Gasteiger partial charge < -0.3 is 24.1 Å². The molecule has 2 saturated heterocycles. The first-order valence-electron chi connectivity index (χ1n) is 9.81. The van der Waals surface area contributed by atoms with E-state index in [0.717, 1.165) is 38.5 Å². The van der Waals surface area contributed by atoms with Gasteiger partial charge in [0.25, 0.3) is 0 Å². The average Bonchev–Trinajstić information content (AvgIpc) is 3.48. The molecule has 4 aliphatic rings. The van der Waals surface area contributed by atoms with Crippen molar-refractivity contribution in [1.29, 1.82) is 0 Å². The fourth-order valence-corrected chi connectivity index (χ4v) is 4.46. The molecule has 2 aliphatic carbocycles. The number of hydrogen-bond acceptors (Lipinski definition) is 6. The Morgan fingerprint density at radius 2 is 1.62 bits per heavy atom. The molecule has 7 atom stereocenters. The van der Waals surface area contributed by atoms with Crippen LogP contribution in [0.4, 0.5) is 0 Å². The zero-order valence-corrected chi connectivity index (χ0v) is 15.7. The second kappa shape index (κ2) is 6.50. The molecule has 4 fully saturated rings. The van der Waals surface area contributed by atoms with Gasteiger partial charge in [0.15, 0.2) is 0 Å². The van der Waals surface area contributed by atoms with Gasteiger partial charge in [-0.25, -0.2) is 0 Å². The first-order chi connectivity index (χ1) is 12.3. The highest BCUT2D eigenvalue weighted by Gasteiger charge is 2.57. The maximum Gasteiger partial charge on any atom is 0.309 e. The number of carbonyl (C=O) groups excluding carboxylic acids is 1. The van der Waals surface area contributed by atoms with Crippen molar-refractivity contribution in [1.82, 2.24) is 0 Å². The molecule has 4 rings (SSSR count). The molecule has 0 bridgehead atoms. The van der Waals surface area contributed by atoms with Crippen LogP contribution in [0.2, 0.25) is 0 Å². The monoisotopic (exact) mass is 366 g/mol. The van der Waals surface area contributed by atoms with Crippen LogP contribution in [0.3, 0.4) is 0 Å². The Kier molecular flexibility index (Phi) is 4.56. The highest BCUT2D eigenvalue weighted by Crippen LogP contribution is 2.51. The van der Waals surface area contributed by atoms with Crippen LogP contribution in [0.25, 0.3) is 0 Å². The normalized spacial score (nSPS) is 44.3. The van der Waals surface area contributed by atoms with Crippen molar-refractivity contribution in [2.75, 3.05) is 13.2 Å². The molecule has 6 nitrogen and oxygen atoms in total. The Labute approximate surface area is 154 Å². The van der Waals surface area contributed by atoms with Crippen LogP contribution in [0, 0.1) is 11.8 Å². The van der Waals surface area contributed by atoms with Gasteiger partial charge >= 0.3 is 5.97 Å². The van der Waals surface area contributed by atoms with Gasteiger partial charge in [-0.15, -0.1) is 0 Å². The van der Waals surface area contributed by atoms with Crippen molar-refractivity contribution < 1.29 is 28.8 Å². The predicted octanol–water partition coefficient (Wildman–Crippen LogP) is 2.34. The van der Waals surface area contributed by atoms with E-state index in [0.29, 0.717) is 11.9 Å². The molecule has 6 heteroatoms. The molecule has 146 valence electrons. The zero-order valence-electron chi connectivity index (χ0n) is 15.7. The van der Waals surface area contributed by atoms with E-state index in [4.69, 9.17) is 18.9 Å². The summed E-state index contributed by atoms with van der Waals surface area (Å²) in [7, 11) is 0. The number of esters is 1. The molecule has 2 aliphatic heterocycles. The van der Waals surface area contributed by atoms with Crippen molar-refractivity contribution >= 4 is 5.97 Å². The first kappa shape index (κ1) is 18.3. The van der Waals surface area contributed by atoms with Crippen LogP contribution < -0.4 is 0 Å². The Balaban J connectivity index is 1.12. The van der Waals surface area contributed by atoms with Crippen molar-refractivity contribution in [2.45, 2.75) is 81.9 Å². The molecular weight excluding hydrogens is 336 g/mol. The molecule has 26 heavy (non-hydrogen) atoms. The quantitative estimate of drug-likeness (QED) is 0.423. The summed E-state index contributed by atoms with van der Waals surface area (Å²) in [4.78, 5) is 12.2. The summed E-state index contributed by atoms with van der Waals surface area (Å²) < 4.78 is 22.2. The second-order valence-corrected chi connectivity index (χ2v) is 8.84. The summed E-state index contributed by atoms with van der Waals surface area (Å²) in [5.74, 6) is 0.623. The van der Waals surface area contributed by atoms with Crippen LogP contribution in [-0.4, -0.2) is 53.8 Å². The average molecular weight is 366 g/mol. The Bertz CT molecular complexity index is 541. The van der Waals surface area contributed by atoms with Crippen LogP contribution in [0.15, 0.2) is 12.3 Å². The number of aliphatic hydroxyl groups is 1. The first-order valence-corrected chi connectivity index (χ1v) is 9.81. The number of aliphatic hydroxyl groups excluding tert-OH is 1. The lowest BCUT2D eigenvalue weighted by atomic mass is 9.82. The molecule has 0 aromatic rings. The molecule has 1 N–H and O–H groups in total. The second-order valence-electron chi connectivity index (χ2n) is 8.84. The van der Waals surface area contributed by atoms with E-state index < -0.39 is 6.10 Å². The summed E-state index contributed by atoms with van der Waals surface area (Å²) in [5.41, 5.74) is 0.0686. The lowest BCUT2D eigenvalue weighted by molar-refractivity contribution is -0.153. The van der Waals surface area contributed by atoms with Gasteiger partial charge in [-0.05, 0) is 52.4 Å². The zero-order chi connectivity index (χ0) is 18.5. The number of carbonyl (C=O) groups is 1. The molecule has 2 heterocycles. The predicted molar refractivity (Wildman–Crippen MR) is 93.3 cm³/mol. The maximum atomic E-state index is 12.2. The van der Waals surface area contributed by atoms with E-state index in [1.54, 1.807) is 0 Å². The van der Waals surface area contributed by atoms with Crippen LogP contribution in [-0.2, 0) is 23.7 Å². The van der Waals surface area contributed by atoms with Crippen molar-refractivity contribution in [3.05, 3.63) is 12.3 Å². The summed E-state index contributed by atoms with van der Waals surface area (Å²) in [5, 5.41) is 10.1. The van der Waals surface area contributed by atoms with Gasteiger partial charge in [-0.2, -0.15) is 0 Å². The molecule has 2 saturated carbocycles. The maximum absolute atomic E-state index is 12.2. The molecular formula is C20H30O6. The van der Waals surface area contributed by atoms with Gasteiger partial charge in [0.05, 0.1) is 35.1 Å². The Morgan fingerprint density at radius 3 is 2.23 bits per heavy atom. The minimum atomic E-state index is -0.840. The minimum absolute atomic E-state index is 0.00738. The van der Waals surface area contributed by atoms with Crippen molar-refractivity contribution in [3.8, 4) is 0 Å². The summed E-state index contributed by atoms with van der Waals surface area (Å²) >= 11 is 0. The SMILES string of the molecule is C=C(OCC(O)COC(=O)C1CCC2(C)OC2C1)C1CCC2(C)OC2C1. The van der Waals surface area contributed by atoms with E-state index in [2.05, 4.69) is 20.4 Å². The molecule has 0 radical (unpaired) electrons. The standard InChI is InChI=1S/C20H30O6/c1-12(13-4-6-19(2)16(8-13)25-19)23-10-15(21)11-24-18(22)14-5-7-20(3)17(9-14)26-20/h13-17,21H,1,4-11H2,2-3H3. The number of epoxide rings is 2. The van der Waals surface area contributed by atoms with E-state index in [1.165, 1.54) is 0 Å². The third-order valence-electron chi connectivity index (χ3n) is 6.71. The van der Waals surface area contributed by atoms with Gasteiger partial charge in [-0.3, -0.25) is 4.79 Å². The van der Waals surface area contributed by atoms with Gasteiger partial charge in [0.2, 0.25) is 0 Å². The van der Waals surface area contributed by atoms with Crippen molar-refractivity contribution in [2.24, 2.45) is 11.8 Å². The number of rotatable bonds is 7. The fourth-order valence-electron chi connectivity index (χ4n) is 4.46. The van der Waals surface area contributed by atoms with Gasteiger partial charge in [0.1, 0.15) is 19.3 Å². The number of ether oxygens (including phenoxy) is 4. The minimum Gasteiger partial charge on any atom is -0.495 e. The number of fused-ring (bicyclic) bond motifs is 2. The molecule has 7 unspecified atom stereocenters. The number of hydrogen-bond donors (Lipinski definition) is 1. The van der Waals surface area contributed by atoms with E-state index in [1.807, 2.05) is 0 Å². The fraction of sp³-hybridized carbons (Fsp3) is 0.850. The van der Waals surface area contributed by atoms with Gasteiger partial charge in [0, 0.05) is 5.92 Å². The Morgan fingerprint density at radius 1 is 1.08 bits per heavy atom. The molecule has 0 aromatic heterocycles. The lowest BCUT2D eigenvalue weighted by Gasteiger charge is -2.25. The van der Waals surface area contributed by atoms with Crippen LogP contribution in [0.5, 0.6) is 0 Å². The summed E-state index contributed by atoms with van der Waals surface area (Å²) in [6.45, 7) is 8.30. The lowest BCUT2D eigenvalue weighted by Crippen LogP contribution is -2.31. The van der Waals surface area contributed by atoms with Gasteiger partial charge in [-0.1, -0.05) is 6.58 Å². The molecule has 0 aromatic carbocycles. The Hall–Kier alpha value is -1.11. The molecule has 0 spiro atoms. The summed E-state index contributed by atoms with van der Waals surface area (Å²) in [6.07, 6.45) is 5.04. The van der Waals surface area contributed by atoms with E-state index >= 15 is 0 Å².